The molecule has 0 radical (unpaired) electrons. The number of benzene rings is 2. The van der Waals surface area contributed by atoms with Gasteiger partial charge in [0.25, 0.3) is 0 Å². The zero-order valence-corrected chi connectivity index (χ0v) is 15.9. The van der Waals surface area contributed by atoms with Gasteiger partial charge in [0.15, 0.2) is 0 Å². The van der Waals surface area contributed by atoms with Gasteiger partial charge in [0, 0.05) is 18.8 Å². The highest BCUT2D eigenvalue weighted by Crippen LogP contribution is 2.25. The number of aryl methyl sites for hydroxylation is 1. The van der Waals surface area contributed by atoms with Crippen molar-refractivity contribution in [3.05, 3.63) is 59.7 Å². The second-order valence-electron chi connectivity index (χ2n) is 6.75. The van der Waals surface area contributed by atoms with Crippen LogP contribution in [0.2, 0.25) is 0 Å². The van der Waals surface area contributed by atoms with E-state index in [-0.39, 0.29) is 23.3 Å². The molecule has 1 aliphatic heterocycles. The zero-order chi connectivity index (χ0) is 18.7. The van der Waals surface area contributed by atoms with Gasteiger partial charge >= 0.3 is 0 Å². The van der Waals surface area contributed by atoms with Gasteiger partial charge in [-0.2, -0.15) is 4.31 Å². The Labute approximate surface area is 155 Å². The molecule has 1 amide bonds. The van der Waals surface area contributed by atoms with Gasteiger partial charge in [-0.05, 0) is 56.0 Å². The van der Waals surface area contributed by atoms with Crippen molar-refractivity contribution in [3.8, 4) is 0 Å². The van der Waals surface area contributed by atoms with Crippen molar-refractivity contribution in [1.82, 2.24) is 4.31 Å². The summed E-state index contributed by atoms with van der Waals surface area (Å²) in [5.41, 5.74) is 2.93. The van der Waals surface area contributed by atoms with Crippen LogP contribution in [0.25, 0.3) is 0 Å². The van der Waals surface area contributed by atoms with Crippen LogP contribution in [0.5, 0.6) is 0 Å². The second-order valence-corrected chi connectivity index (χ2v) is 8.69. The molecule has 0 saturated carbocycles. The van der Waals surface area contributed by atoms with E-state index in [0.717, 1.165) is 16.8 Å². The molecule has 0 aromatic heterocycles. The fourth-order valence-electron chi connectivity index (χ4n) is 3.24. The molecule has 5 nitrogen and oxygen atoms in total. The van der Waals surface area contributed by atoms with Crippen molar-refractivity contribution in [2.24, 2.45) is 5.92 Å². The first-order chi connectivity index (χ1) is 12.4. The molecule has 1 unspecified atom stereocenters. The van der Waals surface area contributed by atoms with Crippen LogP contribution in [-0.2, 0) is 14.8 Å². The monoisotopic (exact) mass is 372 g/mol. The van der Waals surface area contributed by atoms with Gasteiger partial charge in [0.05, 0.1) is 10.8 Å². The average molecular weight is 372 g/mol. The van der Waals surface area contributed by atoms with E-state index in [1.807, 2.05) is 32.0 Å². The molecule has 0 spiro atoms. The van der Waals surface area contributed by atoms with E-state index < -0.39 is 10.0 Å². The van der Waals surface area contributed by atoms with Crippen LogP contribution in [0, 0.1) is 19.8 Å². The third-order valence-corrected chi connectivity index (χ3v) is 6.88. The quantitative estimate of drug-likeness (QED) is 0.895. The number of sulfonamides is 1. The summed E-state index contributed by atoms with van der Waals surface area (Å²) in [6, 6.07) is 14.2. The van der Waals surface area contributed by atoms with E-state index in [2.05, 4.69) is 5.32 Å². The summed E-state index contributed by atoms with van der Waals surface area (Å²) in [5.74, 6) is -0.464. The van der Waals surface area contributed by atoms with Crippen LogP contribution in [0.1, 0.15) is 24.0 Å². The van der Waals surface area contributed by atoms with Crippen molar-refractivity contribution in [3.63, 3.8) is 0 Å². The zero-order valence-electron chi connectivity index (χ0n) is 15.1. The summed E-state index contributed by atoms with van der Waals surface area (Å²) in [4.78, 5) is 13.0. The van der Waals surface area contributed by atoms with Gasteiger partial charge in [-0.15, -0.1) is 0 Å². The Balaban J connectivity index is 1.74. The Morgan fingerprint density at radius 2 is 1.81 bits per heavy atom. The maximum Gasteiger partial charge on any atom is 0.243 e. The summed E-state index contributed by atoms with van der Waals surface area (Å²) >= 11 is 0. The standard InChI is InChI=1S/C20H24N2O3S/c1-15-8-6-12-19(16(15)2)21-20(23)17-9-7-13-22(14-17)26(24,25)18-10-4-3-5-11-18/h3-6,8,10-12,17H,7,9,13-14H2,1-2H3,(H,21,23). The third kappa shape index (κ3) is 3.81. The Kier molecular flexibility index (Phi) is 5.44. The summed E-state index contributed by atoms with van der Waals surface area (Å²) in [7, 11) is -3.56. The molecule has 138 valence electrons. The molecule has 6 heteroatoms. The Morgan fingerprint density at radius 3 is 2.54 bits per heavy atom. The summed E-state index contributed by atoms with van der Waals surface area (Å²) in [5, 5.41) is 2.97. The molecular formula is C20H24N2O3S. The predicted octanol–water partition coefficient (Wildman–Crippen LogP) is 3.34. The number of carbonyl (C=O) groups is 1. The number of rotatable bonds is 4. The van der Waals surface area contributed by atoms with Crippen LogP contribution >= 0.6 is 0 Å². The highest BCUT2D eigenvalue weighted by Gasteiger charge is 2.33. The van der Waals surface area contributed by atoms with Gasteiger partial charge in [0.2, 0.25) is 15.9 Å². The van der Waals surface area contributed by atoms with Crippen LogP contribution in [-0.4, -0.2) is 31.7 Å². The van der Waals surface area contributed by atoms with E-state index in [0.29, 0.717) is 19.4 Å². The van der Waals surface area contributed by atoms with E-state index in [1.54, 1.807) is 30.3 Å². The lowest BCUT2D eigenvalue weighted by molar-refractivity contribution is -0.120. The smallest absolute Gasteiger partial charge is 0.243 e. The fourth-order valence-corrected chi connectivity index (χ4v) is 4.78. The Hall–Kier alpha value is -2.18. The predicted molar refractivity (Wildman–Crippen MR) is 102 cm³/mol. The van der Waals surface area contributed by atoms with E-state index >= 15 is 0 Å². The van der Waals surface area contributed by atoms with Crippen molar-refractivity contribution in [2.45, 2.75) is 31.6 Å². The van der Waals surface area contributed by atoms with Gasteiger partial charge in [0.1, 0.15) is 0 Å². The molecule has 0 bridgehead atoms. The Morgan fingerprint density at radius 1 is 1.08 bits per heavy atom. The molecule has 2 aromatic rings. The summed E-state index contributed by atoms with van der Waals surface area (Å²) < 4.78 is 27.0. The molecule has 1 heterocycles. The van der Waals surface area contributed by atoms with Crippen LogP contribution in [0.4, 0.5) is 5.69 Å². The number of hydrogen-bond acceptors (Lipinski definition) is 3. The molecule has 0 aliphatic carbocycles. The third-order valence-electron chi connectivity index (χ3n) is 5.00. The minimum Gasteiger partial charge on any atom is -0.326 e. The van der Waals surface area contributed by atoms with E-state index in [4.69, 9.17) is 0 Å². The van der Waals surface area contributed by atoms with E-state index in [1.165, 1.54) is 4.31 Å². The molecule has 2 aromatic carbocycles. The number of nitrogens with zero attached hydrogens (tertiary/aromatic N) is 1. The number of hydrogen-bond donors (Lipinski definition) is 1. The molecule has 26 heavy (non-hydrogen) atoms. The molecule has 1 atom stereocenters. The second kappa shape index (κ2) is 7.60. The lowest BCUT2D eigenvalue weighted by Gasteiger charge is -2.31. The maximum atomic E-state index is 12.8. The van der Waals surface area contributed by atoms with Gasteiger partial charge in [-0.1, -0.05) is 30.3 Å². The largest absolute Gasteiger partial charge is 0.326 e. The molecule has 1 aliphatic rings. The van der Waals surface area contributed by atoms with Crippen molar-refractivity contribution < 1.29 is 13.2 Å². The first-order valence-corrected chi connectivity index (χ1v) is 10.3. The lowest BCUT2D eigenvalue weighted by Crippen LogP contribution is -2.43. The van der Waals surface area contributed by atoms with Crippen LogP contribution < -0.4 is 5.32 Å². The maximum absolute atomic E-state index is 12.8. The summed E-state index contributed by atoms with van der Waals surface area (Å²) in [6.45, 7) is 4.64. The number of piperidine rings is 1. The van der Waals surface area contributed by atoms with Gasteiger partial charge < -0.3 is 5.32 Å². The minimum absolute atomic E-state index is 0.119. The van der Waals surface area contributed by atoms with E-state index in [9.17, 15) is 13.2 Å². The molecule has 1 fully saturated rings. The minimum atomic E-state index is -3.56. The van der Waals surface area contributed by atoms with Gasteiger partial charge in [-0.3, -0.25) is 4.79 Å². The highest BCUT2D eigenvalue weighted by atomic mass is 32.2. The topological polar surface area (TPSA) is 66.5 Å². The normalized spacial score (nSPS) is 18.5. The van der Waals surface area contributed by atoms with Crippen LogP contribution in [0.3, 0.4) is 0 Å². The van der Waals surface area contributed by atoms with Crippen LogP contribution in [0.15, 0.2) is 53.4 Å². The Bertz CT molecular complexity index is 895. The van der Waals surface area contributed by atoms with Crippen molar-refractivity contribution in [2.75, 3.05) is 18.4 Å². The average Bonchev–Trinajstić information content (AvgIpc) is 2.66. The molecule has 1 N–H and O–H groups in total. The fraction of sp³-hybridized carbons (Fsp3) is 0.350. The highest BCUT2D eigenvalue weighted by molar-refractivity contribution is 7.89. The van der Waals surface area contributed by atoms with Crippen molar-refractivity contribution >= 4 is 21.6 Å². The van der Waals surface area contributed by atoms with Gasteiger partial charge in [-0.25, -0.2) is 8.42 Å². The SMILES string of the molecule is Cc1cccc(NC(=O)C2CCCN(S(=O)(=O)c3ccccc3)C2)c1C. The number of carbonyl (C=O) groups excluding carboxylic acids is 1. The summed E-state index contributed by atoms with van der Waals surface area (Å²) in [6.07, 6.45) is 1.37. The molecule has 3 rings (SSSR count). The van der Waals surface area contributed by atoms with Crippen molar-refractivity contribution in [1.29, 1.82) is 0 Å². The number of nitrogens with one attached hydrogen (secondary N) is 1. The molecule has 1 saturated heterocycles. The number of anilines is 1. The first kappa shape index (κ1) is 18.6. The number of amides is 1. The molecular weight excluding hydrogens is 348 g/mol. The first-order valence-electron chi connectivity index (χ1n) is 8.82. The lowest BCUT2D eigenvalue weighted by atomic mass is 9.98.